The lowest BCUT2D eigenvalue weighted by Crippen LogP contribution is -2.30. The Bertz CT molecular complexity index is 406. The minimum absolute atomic E-state index is 0.0541. The molecule has 0 bridgehead atoms. The average molecular weight is 283 g/mol. The van der Waals surface area contributed by atoms with Crippen LogP contribution in [0.1, 0.15) is 6.92 Å². The van der Waals surface area contributed by atoms with Gasteiger partial charge in [0.2, 0.25) is 5.91 Å². The van der Waals surface area contributed by atoms with Gasteiger partial charge in [0.1, 0.15) is 5.75 Å². The van der Waals surface area contributed by atoms with Gasteiger partial charge in [-0.1, -0.05) is 12.1 Å². The fourth-order valence-electron chi connectivity index (χ4n) is 1.70. The molecule has 1 heterocycles. The highest BCUT2D eigenvalue weighted by Gasteiger charge is 2.22. The van der Waals surface area contributed by atoms with Crippen LogP contribution in [0.5, 0.6) is 5.75 Å². The summed E-state index contributed by atoms with van der Waals surface area (Å²) in [5, 5.41) is 3.02. The molecule has 1 aliphatic heterocycles. The summed E-state index contributed by atoms with van der Waals surface area (Å²) in [6, 6.07) is 7.57. The zero-order chi connectivity index (χ0) is 12.8. The third kappa shape index (κ3) is 3.59. The molecule has 98 valence electrons. The van der Waals surface area contributed by atoms with Crippen LogP contribution >= 0.6 is 23.5 Å². The zero-order valence-electron chi connectivity index (χ0n) is 10.3. The van der Waals surface area contributed by atoms with E-state index in [9.17, 15) is 4.79 Å². The van der Waals surface area contributed by atoms with Gasteiger partial charge >= 0.3 is 0 Å². The summed E-state index contributed by atoms with van der Waals surface area (Å²) in [5.74, 6) is 3.91. The maximum atomic E-state index is 12.1. The summed E-state index contributed by atoms with van der Waals surface area (Å²) in [4.78, 5) is 12.1. The number of carbonyl (C=O) groups is 1. The van der Waals surface area contributed by atoms with Gasteiger partial charge in [0.15, 0.2) is 0 Å². The normalized spacial score (nSPS) is 19.3. The molecule has 1 atom stereocenters. The van der Waals surface area contributed by atoms with E-state index in [0.29, 0.717) is 6.61 Å². The zero-order valence-corrected chi connectivity index (χ0v) is 12.0. The molecule has 0 spiro atoms. The van der Waals surface area contributed by atoms with Gasteiger partial charge in [-0.15, -0.1) is 11.8 Å². The van der Waals surface area contributed by atoms with E-state index in [1.165, 1.54) is 0 Å². The average Bonchev–Trinajstić information content (AvgIpc) is 2.42. The summed E-state index contributed by atoms with van der Waals surface area (Å²) >= 11 is 3.58. The first-order valence-corrected chi connectivity index (χ1v) is 8.23. The number of amides is 1. The monoisotopic (exact) mass is 283 g/mol. The Balaban J connectivity index is 2.01. The topological polar surface area (TPSA) is 38.3 Å². The standard InChI is InChI=1S/C13H17NO2S2/c1-2-16-11-6-4-3-5-10(11)14-13(15)12-9-17-7-8-18-12/h3-6,12H,2,7-9H2,1H3,(H,14,15). The maximum Gasteiger partial charge on any atom is 0.238 e. The van der Waals surface area contributed by atoms with Crippen molar-refractivity contribution in [3.63, 3.8) is 0 Å². The van der Waals surface area contributed by atoms with Gasteiger partial charge in [-0.05, 0) is 19.1 Å². The van der Waals surface area contributed by atoms with E-state index in [-0.39, 0.29) is 11.2 Å². The van der Waals surface area contributed by atoms with Crippen LogP contribution in [0.15, 0.2) is 24.3 Å². The fourth-order valence-corrected chi connectivity index (χ4v) is 4.26. The molecule has 0 radical (unpaired) electrons. The number of thioether (sulfide) groups is 2. The molecular formula is C13H17NO2S2. The summed E-state index contributed by atoms with van der Waals surface area (Å²) in [5.41, 5.74) is 0.764. The molecule has 1 saturated heterocycles. The molecule has 0 aliphatic carbocycles. The molecule has 1 aromatic carbocycles. The van der Waals surface area contributed by atoms with E-state index in [1.54, 1.807) is 11.8 Å². The minimum Gasteiger partial charge on any atom is -0.492 e. The molecule has 2 rings (SSSR count). The van der Waals surface area contributed by atoms with E-state index in [2.05, 4.69) is 5.32 Å². The molecule has 0 aromatic heterocycles. The van der Waals surface area contributed by atoms with Crippen LogP contribution in [0.25, 0.3) is 0 Å². The summed E-state index contributed by atoms with van der Waals surface area (Å²) in [6.07, 6.45) is 0. The van der Waals surface area contributed by atoms with E-state index in [0.717, 1.165) is 28.7 Å². The van der Waals surface area contributed by atoms with Crippen molar-refractivity contribution in [3.05, 3.63) is 24.3 Å². The lowest BCUT2D eigenvalue weighted by atomic mass is 10.3. The van der Waals surface area contributed by atoms with Crippen LogP contribution in [0.4, 0.5) is 5.69 Å². The second-order valence-electron chi connectivity index (χ2n) is 3.85. The number of nitrogens with one attached hydrogen (secondary N) is 1. The van der Waals surface area contributed by atoms with Crippen LogP contribution in [-0.2, 0) is 4.79 Å². The van der Waals surface area contributed by atoms with Crippen molar-refractivity contribution in [2.45, 2.75) is 12.2 Å². The molecule has 1 fully saturated rings. The highest BCUT2D eigenvalue weighted by Crippen LogP contribution is 2.28. The number of para-hydroxylation sites is 2. The van der Waals surface area contributed by atoms with Crippen molar-refractivity contribution in [3.8, 4) is 5.75 Å². The van der Waals surface area contributed by atoms with Crippen molar-refractivity contribution in [1.82, 2.24) is 0 Å². The predicted octanol–water partition coefficient (Wildman–Crippen LogP) is 2.87. The molecule has 5 heteroatoms. The Labute approximate surface area is 116 Å². The minimum atomic E-state index is 0.0541. The van der Waals surface area contributed by atoms with E-state index in [4.69, 9.17) is 4.74 Å². The lowest BCUT2D eigenvalue weighted by molar-refractivity contribution is -0.115. The summed E-state index contributed by atoms with van der Waals surface area (Å²) < 4.78 is 5.50. The van der Waals surface area contributed by atoms with Crippen LogP contribution in [0, 0.1) is 0 Å². The van der Waals surface area contributed by atoms with E-state index >= 15 is 0 Å². The largest absolute Gasteiger partial charge is 0.492 e. The van der Waals surface area contributed by atoms with Gasteiger partial charge in [0.25, 0.3) is 0 Å². The quantitative estimate of drug-likeness (QED) is 0.922. The van der Waals surface area contributed by atoms with Crippen molar-refractivity contribution in [2.75, 3.05) is 29.2 Å². The van der Waals surface area contributed by atoms with Crippen molar-refractivity contribution in [2.24, 2.45) is 0 Å². The number of benzene rings is 1. The van der Waals surface area contributed by atoms with Gasteiger partial charge in [0, 0.05) is 17.3 Å². The Morgan fingerprint density at radius 2 is 2.28 bits per heavy atom. The van der Waals surface area contributed by atoms with Gasteiger partial charge in [-0.2, -0.15) is 11.8 Å². The third-order valence-electron chi connectivity index (χ3n) is 2.55. The Morgan fingerprint density at radius 3 is 3.00 bits per heavy atom. The van der Waals surface area contributed by atoms with Crippen molar-refractivity contribution >= 4 is 35.1 Å². The smallest absolute Gasteiger partial charge is 0.238 e. The van der Waals surface area contributed by atoms with Crippen LogP contribution in [0.2, 0.25) is 0 Å². The molecule has 1 aliphatic rings. The number of anilines is 1. The molecule has 1 N–H and O–H groups in total. The first-order valence-electron chi connectivity index (χ1n) is 6.03. The summed E-state index contributed by atoms with van der Waals surface area (Å²) in [7, 11) is 0. The number of hydrogen-bond acceptors (Lipinski definition) is 4. The molecule has 1 amide bonds. The SMILES string of the molecule is CCOc1ccccc1NC(=O)C1CSCCS1. The lowest BCUT2D eigenvalue weighted by Gasteiger charge is -2.20. The van der Waals surface area contributed by atoms with Gasteiger partial charge in [-0.25, -0.2) is 0 Å². The maximum absolute atomic E-state index is 12.1. The van der Waals surface area contributed by atoms with Crippen LogP contribution in [0.3, 0.4) is 0 Å². The predicted molar refractivity (Wildman–Crippen MR) is 79.8 cm³/mol. The first-order chi connectivity index (χ1) is 8.81. The van der Waals surface area contributed by atoms with Gasteiger partial charge in [0.05, 0.1) is 17.5 Å². The first kappa shape index (κ1) is 13.6. The molecule has 3 nitrogen and oxygen atoms in total. The number of rotatable bonds is 4. The van der Waals surface area contributed by atoms with E-state index < -0.39 is 0 Å². The van der Waals surface area contributed by atoms with Crippen molar-refractivity contribution < 1.29 is 9.53 Å². The van der Waals surface area contributed by atoms with Gasteiger partial charge in [-0.3, -0.25) is 4.79 Å². The second-order valence-corrected chi connectivity index (χ2v) is 6.31. The Hall–Kier alpha value is -0.810. The molecule has 1 aromatic rings. The molecule has 1 unspecified atom stereocenters. The highest BCUT2D eigenvalue weighted by atomic mass is 32.2. The highest BCUT2D eigenvalue weighted by molar-refractivity contribution is 8.07. The Morgan fingerprint density at radius 1 is 1.44 bits per heavy atom. The van der Waals surface area contributed by atoms with E-state index in [1.807, 2.05) is 43.0 Å². The molecule has 18 heavy (non-hydrogen) atoms. The van der Waals surface area contributed by atoms with Gasteiger partial charge < -0.3 is 10.1 Å². The van der Waals surface area contributed by atoms with Crippen LogP contribution in [-0.4, -0.2) is 35.0 Å². The molecular weight excluding hydrogens is 266 g/mol. The number of hydrogen-bond donors (Lipinski definition) is 1. The third-order valence-corrected chi connectivity index (χ3v) is 5.31. The second kappa shape index (κ2) is 6.95. The van der Waals surface area contributed by atoms with Crippen LogP contribution < -0.4 is 10.1 Å². The number of carbonyl (C=O) groups excluding carboxylic acids is 1. The fraction of sp³-hybridized carbons (Fsp3) is 0.462. The Kier molecular flexibility index (Phi) is 5.26. The van der Waals surface area contributed by atoms with Crippen molar-refractivity contribution in [1.29, 1.82) is 0 Å². The summed E-state index contributed by atoms with van der Waals surface area (Å²) in [6.45, 7) is 2.53. The molecule has 0 saturated carbocycles. The number of ether oxygens (including phenoxy) is 1.